The van der Waals surface area contributed by atoms with Crippen LogP contribution in [0.1, 0.15) is 18.5 Å². The van der Waals surface area contributed by atoms with Gasteiger partial charge in [-0.15, -0.1) is 0 Å². The smallest absolute Gasteiger partial charge is 0.158 e. The van der Waals surface area contributed by atoms with Crippen molar-refractivity contribution in [3.05, 3.63) is 18.1 Å². The van der Waals surface area contributed by atoms with Crippen molar-refractivity contribution < 1.29 is 4.74 Å². The van der Waals surface area contributed by atoms with Gasteiger partial charge in [0, 0.05) is 32.6 Å². The van der Waals surface area contributed by atoms with Gasteiger partial charge < -0.3 is 15.4 Å². The molecule has 6 heteroatoms. The summed E-state index contributed by atoms with van der Waals surface area (Å²) in [6.45, 7) is 1.58. The maximum absolute atomic E-state index is 7.47. The van der Waals surface area contributed by atoms with Crippen LogP contribution in [0, 0.1) is 5.41 Å². The van der Waals surface area contributed by atoms with Gasteiger partial charge in [-0.3, -0.25) is 5.41 Å². The molecule has 1 aromatic rings. The fourth-order valence-electron chi connectivity index (χ4n) is 1.98. The van der Waals surface area contributed by atoms with Gasteiger partial charge in [0.2, 0.25) is 0 Å². The maximum atomic E-state index is 7.47. The third-order valence-electron chi connectivity index (χ3n) is 2.80. The van der Waals surface area contributed by atoms with Gasteiger partial charge in [0.25, 0.3) is 0 Å². The van der Waals surface area contributed by atoms with Crippen molar-refractivity contribution in [2.24, 2.45) is 5.73 Å². The summed E-state index contributed by atoms with van der Waals surface area (Å²) in [7, 11) is 1.91. The molecule has 0 amide bonds. The second-order valence-electron chi connectivity index (χ2n) is 4.16. The van der Waals surface area contributed by atoms with Crippen molar-refractivity contribution in [2.75, 3.05) is 25.1 Å². The zero-order valence-electron chi connectivity index (χ0n) is 9.89. The molecule has 1 fully saturated rings. The zero-order valence-corrected chi connectivity index (χ0v) is 9.89. The molecular formula is C11H17N5O. The fourth-order valence-corrected chi connectivity index (χ4v) is 1.98. The molecule has 0 saturated carbocycles. The van der Waals surface area contributed by atoms with E-state index in [1.807, 2.05) is 11.9 Å². The Balaban J connectivity index is 2.12. The summed E-state index contributed by atoms with van der Waals surface area (Å²) in [6, 6.07) is 0. The standard InChI is InChI=1S/C11H17N5O/c1-16(7-8-3-2-6-17-8)11-9(10(12)13)14-4-5-15-11/h4-5,8H,2-3,6-7H2,1H3,(H3,12,13). The highest BCUT2D eigenvalue weighted by molar-refractivity contribution is 5.97. The summed E-state index contributed by atoms with van der Waals surface area (Å²) >= 11 is 0. The third-order valence-corrected chi connectivity index (χ3v) is 2.80. The molecule has 92 valence electrons. The molecule has 0 radical (unpaired) electrons. The number of ether oxygens (including phenoxy) is 1. The molecule has 1 saturated heterocycles. The van der Waals surface area contributed by atoms with Crippen molar-refractivity contribution in [3.63, 3.8) is 0 Å². The molecule has 6 nitrogen and oxygen atoms in total. The van der Waals surface area contributed by atoms with Crippen molar-refractivity contribution in [1.82, 2.24) is 9.97 Å². The Kier molecular flexibility index (Phi) is 3.53. The van der Waals surface area contributed by atoms with Gasteiger partial charge in [-0.1, -0.05) is 0 Å². The first-order valence-electron chi connectivity index (χ1n) is 5.66. The minimum Gasteiger partial charge on any atom is -0.382 e. The number of aromatic nitrogens is 2. The first-order valence-corrected chi connectivity index (χ1v) is 5.66. The summed E-state index contributed by atoms with van der Waals surface area (Å²) in [5.41, 5.74) is 5.91. The highest BCUT2D eigenvalue weighted by Crippen LogP contribution is 2.17. The highest BCUT2D eigenvalue weighted by Gasteiger charge is 2.20. The number of rotatable bonds is 4. The maximum Gasteiger partial charge on any atom is 0.158 e. The van der Waals surface area contributed by atoms with Crippen LogP contribution in [-0.4, -0.2) is 42.1 Å². The van der Waals surface area contributed by atoms with Gasteiger partial charge in [-0.25, -0.2) is 9.97 Å². The van der Waals surface area contributed by atoms with Crippen LogP contribution in [0.4, 0.5) is 5.82 Å². The number of amidine groups is 1. The van der Waals surface area contributed by atoms with E-state index in [4.69, 9.17) is 15.9 Å². The molecule has 0 aliphatic carbocycles. The molecule has 1 unspecified atom stereocenters. The Morgan fingerprint density at radius 2 is 2.35 bits per heavy atom. The Morgan fingerprint density at radius 1 is 1.59 bits per heavy atom. The predicted octanol–water partition coefficient (Wildman–Crippen LogP) is 0.376. The number of likely N-dealkylation sites (N-methyl/N-ethyl adjacent to an activating group) is 1. The quantitative estimate of drug-likeness (QED) is 0.581. The van der Waals surface area contributed by atoms with Gasteiger partial charge in [-0.2, -0.15) is 0 Å². The number of nitrogen functional groups attached to an aromatic ring is 1. The van der Waals surface area contributed by atoms with Gasteiger partial charge in [0.15, 0.2) is 5.82 Å². The summed E-state index contributed by atoms with van der Waals surface area (Å²) in [5.74, 6) is 0.572. The summed E-state index contributed by atoms with van der Waals surface area (Å²) in [6.07, 6.45) is 5.56. The average molecular weight is 235 g/mol. The lowest BCUT2D eigenvalue weighted by Gasteiger charge is -2.22. The first-order chi connectivity index (χ1) is 8.18. The second-order valence-corrected chi connectivity index (χ2v) is 4.16. The number of nitrogens with zero attached hydrogens (tertiary/aromatic N) is 3. The van der Waals surface area contributed by atoms with Crippen LogP contribution < -0.4 is 10.6 Å². The van der Waals surface area contributed by atoms with Crippen LogP contribution in [0.3, 0.4) is 0 Å². The van der Waals surface area contributed by atoms with Crippen LogP contribution in [0.15, 0.2) is 12.4 Å². The fraction of sp³-hybridized carbons (Fsp3) is 0.545. The van der Waals surface area contributed by atoms with Crippen LogP contribution in [0.5, 0.6) is 0 Å². The van der Waals surface area contributed by atoms with Crippen LogP contribution in [0.2, 0.25) is 0 Å². The van der Waals surface area contributed by atoms with Crippen molar-refractivity contribution >= 4 is 11.7 Å². The van der Waals surface area contributed by atoms with Crippen LogP contribution >= 0.6 is 0 Å². The molecule has 2 rings (SSSR count). The minimum atomic E-state index is -0.0627. The number of hydrogen-bond donors (Lipinski definition) is 2. The van der Waals surface area contributed by atoms with E-state index in [9.17, 15) is 0 Å². The Labute approximate surface area is 100 Å². The molecule has 2 heterocycles. The topological polar surface area (TPSA) is 88.1 Å². The Bertz CT molecular complexity index is 403. The molecule has 17 heavy (non-hydrogen) atoms. The summed E-state index contributed by atoms with van der Waals surface area (Å²) < 4.78 is 5.57. The van der Waals surface area contributed by atoms with E-state index >= 15 is 0 Å². The van der Waals surface area contributed by atoms with Crippen molar-refractivity contribution in [1.29, 1.82) is 5.41 Å². The summed E-state index contributed by atoms with van der Waals surface area (Å²) in [4.78, 5) is 10.3. The van der Waals surface area contributed by atoms with E-state index in [1.54, 1.807) is 12.4 Å². The Morgan fingerprint density at radius 3 is 3.00 bits per heavy atom. The number of hydrogen-bond acceptors (Lipinski definition) is 5. The monoisotopic (exact) mass is 235 g/mol. The van der Waals surface area contributed by atoms with Gasteiger partial charge in [0.05, 0.1) is 6.10 Å². The third kappa shape index (κ3) is 2.71. The van der Waals surface area contributed by atoms with Gasteiger partial charge in [0.1, 0.15) is 11.5 Å². The molecule has 1 aromatic heterocycles. The zero-order chi connectivity index (χ0) is 12.3. The van der Waals surface area contributed by atoms with E-state index in [2.05, 4.69) is 9.97 Å². The van der Waals surface area contributed by atoms with Crippen LogP contribution in [-0.2, 0) is 4.74 Å². The SMILES string of the molecule is CN(CC1CCCO1)c1nccnc1C(=N)N. The molecule has 1 aliphatic rings. The number of anilines is 1. The molecule has 3 N–H and O–H groups in total. The van der Waals surface area contributed by atoms with Gasteiger partial charge in [-0.05, 0) is 12.8 Å². The first kappa shape index (κ1) is 11.8. The molecule has 0 bridgehead atoms. The van der Waals surface area contributed by atoms with E-state index < -0.39 is 0 Å². The lowest BCUT2D eigenvalue weighted by molar-refractivity contribution is 0.116. The minimum absolute atomic E-state index is 0.0627. The molecule has 0 spiro atoms. The Hall–Kier alpha value is -1.69. The molecular weight excluding hydrogens is 218 g/mol. The number of nitrogens with one attached hydrogen (secondary N) is 1. The normalized spacial score (nSPS) is 19.2. The molecule has 1 aliphatic heterocycles. The highest BCUT2D eigenvalue weighted by atomic mass is 16.5. The van der Waals surface area contributed by atoms with E-state index in [-0.39, 0.29) is 11.9 Å². The average Bonchev–Trinajstić information content (AvgIpc) is 2.81. The lowest BCUT2D eigenvalue weighted by Crippen LogP contribution is -2.31. The second kappa shape index (κ2) is 5.09. The molecule has 0 aromatic carbocycles. The lowest BCUT2D eigenvalue weighted by atomic mass is 10.2. The van der Waals surface area contributed by atoms with Crippen molar-refractivity contribution in [3.8, 4) is 0 Å². The van der Waals surface area contributed by atoms with Crippen molar-refractivity contribution in [2.45, 2.75) is 18.9 Å². The van der Waals surface area contributed by atoms with E-state index in [1.165, 1.54) is 0 Å². The van der Waals surface area contributed by atoms with E-state index in [0.717, 1.165) is 26.0 Å². The predicted molar refractivity (Wildman–Crippen MR) is 65.3 cm³/mol. The van der Waals surface area contributed by atoms with E-state index in [0.29, 0.717) is 11.5 Å². The largest absolute Gasteiger partial charge is 0.382 e. The van der Waals surface area contributed by atoms with Crippen LogP contribution in [0.25, 0.3) is 0 Å². The summed E-state index contributed by atoms with van der Waals surface area (Å²) in [5, 5.41) is 7.47. The van der Waals surface area contributed by atoms with Gasteiger partial charge >= 0.3 is 0 Å². The number of nitrogens with two attached hydrogens (primary N) is 1. The molecule has 1 atom stereocenters.